The molecule has 0 spiro atoms. The van der Waals surface area contributed by atoms with Crippen LogP contribution < -0.4 is 5.73 Å². The number of rotatable bonds is 3. The highest BCUT2D eigenvalue weighted by Crippen LogP contribution is 2.14. The van der Waals surface area contributed by atoms with E-state index in [-0.39, 0.29) is 5.78 Å². The predicted molar refractivity (Wildman–Crippen MR) is 50.5 cm³/mol. The van der Waals surface area contributed by atoms with E-state index in [9.17, 15) is 10.5 Å². The number of azide groups is 1. The molecule has 0 aromatic heterocycles. The van der Waals surface area contributed by atoms with E-state index in [0.29, 0.717) is 11.1 Å². The van der Waals surface area contributed by atoms with Crippen LogP contribution in [-0.2, 0) is 0 Å². The van der Waals surface area contributed by atoms with Crippen molar-refractivity contribution in [2.45, 2.75) is 13.1 Å². The molecule has 1 rings (SSSR count). The van der Waals surface area contributed by atoms with E-state index < -0.39 is 6.17 Å². The van der Waals surface area contributed by atoms with E-state index in [0.717, 1.165) is 0 Å². The number of nitrogens with zero attached hydrogens (tertiary/aromatic N) is 4. The Balaban J connectivity index is 2.93. The van der Waals surface area contributed by atoms with Crippen LogP contribution in [0, 0.1) is 0 Å². The van der Waals surface area contributed by atoms with Crippen molar-refractivity contribution in [2.24, 2.45) is 5.11 Å². The average Bonchev–Trinajstić information content (AvgIpc) is 2.18. The Morgan fingerprint density at radius 3 is 2.50 bits per heavy atom. The second-order valence-electron chi connectivity index (χ2n) is 2.76. The van der Waals surface area contributed by atoms with Gasteiger partial charge in [0.25, 0.3) is 0 Å². The SMILES string of the molecule is CC(=O)c1ccc(C([N])N=[N+]=[N-])cc1. The standard InChI is InChI=1S/C9H8N4O/c1-6(14)7-2-4-8(5-3-7)9(10)12-13-11/h2-5,9H,1H3. The lowest BCUT2D eigenvalue weighted by Crippen LogP contribution is -1.96. The van der Waals surface area contributed by atoms with Crippen molar-refractivity contribution in [1.82, 2.24) is 5.73 Å². The quantitative estimate of drug-likeness (QED) is 0.309. The van der Waals surface area contributed by atoms with E-state index in [1.165, 1.54) is 6.92 Å². The number of benzene rings is 1. The van der Waals surface area contributed by atoms with Gasteiger partial charge in [-0.05, 0) is 18.0 Å². The van der Waals surface area contributed by atoms with Gasteiger partial charge in [0.1, 0.15) is 6.17 Å². The minimum absolute atomic E-state index is 0.0465. The van der Waals surface area contributed by atoms with Gasteiger partial charge in [-0.1, -0.05) is 29.4 Å². The smallest absolute Gasteiger partial charge is 0.159 e. The number of ketones is 1. The normalized spacial score (nSPS) is 11.6. The average molecular weight is 188 g/mol. The molecule has 70 valence electrons. The number of carbonyl (C=O) groups is 1. The van der Waals surface area contributed by atoms with Gasteiger partial charge < -0.3 is 0 Å². The zero-order valence-electron chi connectivity index (χ0n) is 7.58. The molecule has 0 heterocycles. The van der Waals surface area contributed by atoms with Crippen LogP contribution in [0.5, 0.6) is 0 Å². The van der Waals surface area contributed by atoms with Crippen molar-refractivity contribution in [2.75, 3.05) is 0 Å². The first kappa shape index (κ1) is 10.2. The summed E-state index contributed by atoms with van der Waals surface area (Å²) < 4.78 is 0. The lowest BCUT2D eigenvalue weighted by Gasteiger charge is -2.02. The van der Waals surface area contributed by atoms with E-state index in [1.807, 2.05) is 0 Å². The second-order valence-corrected chi connectivity index (χ2v) is 2.76. The molecule has 1 unspecified atom stereocenters. The van der Waals surface area contributed by atoms with Gasteiger partial charge in [-0.25, -0.2) is 0 Å². The van der Waals surface area contributed by atoms with Gasteiger partial charge in [0, 0.05) is 10.5 Å². The Morgan fingerprint density at radius 1 is 1.50 bits per heavy atom. The van der Waals surface area contributed by atoms with Crippen LogP contribution in [0.2, 0.25) is 0 Å². The molecule has 2 radical (unpaired) electrons. The highest BCUT2D eigenvalue weighted by atomic mass is 16.1. The summed E-state index contributed by atoms with van der Waals surface area (Å²) in [5.41, 5.74) is 18.4. The first-order valence-corrected chi connectivity index (χ1v) is 3.98. The molecule has 0 saturated heterocycles. The molecule has 0 bridgehead atoms. The van der Waals surface area contributed by atoms with Crippen molar-refractivity contribution in [3.05, 3.63) is 45.8 Å². The van der Waals surface area contributed by atoms with Crippen molar-refractivity contribution < 1.29 is 4.79 Å². The summed E-state index contributed by atoms with van der Waals surface area (Å²) in [5.74, 6) is -0.0465. The molecule has 0 aliphatic heterocycles. The van der Waals surface area contributed by atoms with Gasteiger partial charge in [0.2, 0.25) is 0 Å². The fraction of sp³-hybridized carbons (Fsp3) is 0.222. The van der Waals surface area contributed by atoms with Gasteiger partial charge in [-0.15, -0.1) is 5.73 Å². The summed E-state index contributed by atoms with van der Waals surface area (Å²) in [6, 6.07) is 6.26. The Bertz CT molecular complexity index is 378. The van der Waals surface area contributed by atoms with Gasteiger partial charge in [0.05, 0.1) is 0 Å². The van der Waals surface area contributed by atoms with Crippen molar-refractivity contribution in [3.8, 4) is 0 Å². The molecule has 5 heteroatoms. The Morgan fingerprint density at radius 2 is 2.07 bits per heavy atom. The highest BCUT2D eigenvalue weighted by Gasteiger charge is 2.05. The fourth-order valence-corrected chi connectivity index (χ4v) is 1.01. The molecule has 1 atom stereocenters. The van der Waals surface area contributed by atoms with Crippen LogP contribution >= 0.6 is 0 Å². The molecule has 1 aromatic carbocycles. The van der Waals surface area contributed by atoms with E-state index in [1.54, 1.807) is 24.3 Å². The molecule has 0 N–H and O–H groups in total. The van der Waals surface area contributed by atoms with Crippen molar-refractivity contribution in [3.63, 3.8) is 0 Å². The number of hydrogen-bond acceptors (Lipinski definition) is 2. The monoisotopic (exact) mass is 188 g/mol. The zero-order chi connectivity index (χ0) is 10.6. The molecular formula is C9H8N4O. The second kappa shape index (κ2) is 4.41. The summed E-state index contributed by atoms with van der Waals surface area (Å²) in [6.45, 7) is 1.46. The fourth-order valence-electron chi connectivity index (χ4n) is 1.01. The number of carbonyl (C=O) groups excluding carboxylic acids is 1. The van der Waals surface area contributed by atoms with Gasteiger partial charge in [-0.3, -0.25) is 4.79 Å². The summed E-state index contributed by atoms with van der Waals surface area (Å²) in [4.78, 5) is 13.4. The topological polar surface area (TPSA) is 88.1 Å². The minimum Gasteiger partial charge on any atom is -0.295 e. The molecule has 14 heavy (non-hydrogen) atoms. The van der Waals surface area contributed by atoms with E-state index in [2.05, 4.69) is 10.0 Å². The molecule has 0 amide bonds. The highest BCUT2D eigenvalue weighted by molar-refractivity contribution is 5.94. The van der Waals surface area contributed by atoms with Crippen LogP contribution in [-0.4, -0.2) is 5.78 Å². The number of hydrogen-bond donors (Lipinski definition) is 0. The third-order valence-corrected chi connectivity index (χ3v) is 1.78. The third kappa shape index (κ3) is 2.32. The first-order chi connectivity index (χ1) is 6.65. The molecule has 0 aliphatic rings. The molecule has 0 saturated carbocycles. The van der Waals surface area contributed by atoms with Gasteiger partial charge in [-0.2, -0.15) is 0 Å². The molecule has 5 nitrogen and oxygen atoms in total. The lowest BCUT2D eigenvalue weighted by molar-refractivity contribution is 0.101. The Labute approximate surface area is 81.2 Å². The maximum absolute atomic E-state index is 10.9. The molecule has 1 aromatic rings. The first-order valence-electron chi connectivity index (χ1n) is 3.98. The number of Topliss-reactive ketones (excluding diaryl/α,β-unsaturated/α-hetero) is 1. The summed E-state index contributed by atoms with van der Waals surface area (Å²) >= 11 is 0. The molecule has 0 fully saturated rings. The summed E-state index contributed by atoms with van der Waals surface area (Å²) in [6.07, 6.45) is -1.19. The van der Waals surface area contributed by atoms with Gasteiger partial charge in [0.15, 0.2) is 5.78 Å². The molecule has 0 aliphatic carbocycles. The molecular weight excluding hydrogens is 180 g/mol. The van der Waals surface area contributed by atoms with E-state index >= 15 is 0 Å². The van der Waals surface area contributed by atoms with Crippen LogP contribution in [0.15, 0.2) is 29.4 Å². The third-order valence-electron chi connectivity index (χ3n) is 1.78. The zero-order valence-corrected chi connectivity index (χ0v) is 7.58. The van der Waals surface area contributed by atoms with E-state index in [4.69, 9.17) is 5.53 Å². The van der Waals surface area contributed by atoms with Crippen LogP contribution in [0.1, 0.15) is 29.0 Å². The van der Waals surface area contributed by atoms with Crippen LogP contribution in [0.25, 0.3) is 10.4 Å². The minimum atomic E-state index is -1.19. The largest absolute Gasteiger partial charge is 0.295 e. The van der Waals surface area contributed by atoms with Gasteiger partial charge >= 0.3 is 0 Å². The Kier molecular flexibility index (Phi) is 3.23. The summed E-state index contributed by atoms with van der Waals surface area (Å²) in [5, 5.41) is 3.12. The predicted octanol–water partition coefficient (Wildman–Crippen LogP) is 2.27. The van der Waals surface area contributed by atoms with Crippen molar-refractivity contribution in [1.29, 1.82) is 0 Å². The van der Waals surface area contributed by atoms with Crippen molar-refractivity contribution >= 4 is 5.78 Å². The maximum Gasteiger partial charge on any atom is 0.159 e. The Hall–Kier alpha value is -1.84. The maximum atomic E-state index is 10.9. The lowest BCUT2D eigenvalue weighted by atomic mass is 10.1. The van der Waals surface area contributed by atoms with Crippen LogP contribution in [0.3, 0.4) is 0 Å². The van der Waals surface area contributed by atoms with Crippen LogP contribution in [0.4, 0.5) is 0 Å². The summed E-state index contributed by atoms with van der Waals surface area (Å²) in [7, 11) is 0.